The fourth-order valence-corrected chi connectivity index (χ4v) is 3.88. The van der Waals surface area contributed by atoms with Crippen LogP contribution in [0.2, 0.25) is 0 Å². The van der Waals surface area contributed by atoms with Gasteiger partial charge in [-0.2, -0.15) is 16.8 Å². The molecule has 2 saturated heterocycles. The number of methoxy groups -OCH3 is 1. The summed E-state index contributed by atoms with van der Waals surface area (Å²) in [6.07, 6.45) is 3.74. The SMILES string of the molecule is COc1ccc(N=C(N=C2CSCCN2C)N2CCCCC2)cc1.I. The summed E-state index contributed by atoms with van der Waals surface area (Å²) in [4.78, 5) is 14.4. The lowest BCUT2D eigenvalue weighted by Crippen LogP contribution is -2.39. The summed E-state index contributed by atoms with van der Waals surface area (Å²) in [5.41, 5.74) is 0.923. The van der Waals surface area contributed by atoms with Gasteiger partial charge in [-0.15, -0.1) is 24.0 Å². The number of ether oxygens (including phenoxy) is 1. The molecule has 7 heteroatoms. The zero-order valence-corrected chi connectivity index (χ0v) is 18.1. The van der Waals surface area contributed by atoms with E-state index in [9.17, 15) is 0 Å². The number of rotatable bonds is 2. The monoisotopic (exact) mass is 474 g/mol. The summed E-state index contributed by atoms with van der Waals surface area (Å²) in [6, 6.07) is 7.87. The number of aliphatic imine (C=N–C) groups is 2. The molecule has 2 heterocycles. The molecule has 0 amide bonds. The summed E-state index contributed by atoms with van der Waals surface area (Å²) in [5, 5.41) is 0. The van der Waals surface area contributed by atoms with Gasteiger partial charge in [0, 0.05) is 32.4 Å². The van der Waals surface area contributed by atoms with Crippen molar-refractivity contribution in [2.45, 2.75) is 19.3 Å². The Hall–Kier alpha value is -0.960. The first kappa shape index (κ1) is 20.4. The van der Waals surface area contributed by atoms with Crippen molar-refractivity contribution in [2.75, 3.05) is 45.3 Å². The van der Waals surface area contributed by atoms with Crippen LogP contribution in [0.15, 0.2) is 34.3 Å². The Labute approximate surface area is 171 Å². The van der Waals surface area contributed by atoms with Crippen molar-refractivity contribution in [1.29, 1.82) is 0 Å². The Morgan fingerprint density at radius 2 is 1.80 bits per heavy atom. The maximum absolute atomic E-state index is 5.23. The average molecular weight is 474 g/mol. The number of benzene rings is 1. The van der Waals surface area contributed by atoms with Crippen LogP contribution >= 0.6 is 35.7 Å². The third-order valence-electron chi connectivity index (χ3n) is 4.41. The predicted molar refractivity (Wildman–Crippen MR) is 118 cm³/mol. The quantitative estimate of drug-likeness (QED) is 0.371. The first-order valence-electron chi connectivity index (χ1n) is 8.60. The molecule has 0 spiro atoms. The zero-order valence-electron chi connectivity index (χ0n) is 15.0. The Kier molecular flexibility index (Phi) is 8.35. The fourth-order valence-electron chi connectivity index (χ4n) is 2.87. The highest BCUT2D eigenvalue weighted by atomic mass is 127. The van der Waals surface area contributed by atoms with E-state index in [2.05, 4.69) is 16.8 Å². The summed E-state index contributed by atoms with van der Waals surface area (Å²) in [6.45, 7) is 3.14. The van der Waals surface area contributed by atoms with Crippen molar-refractivity contribution in [3.63, 3.8) is 0 Å². The average Bonchev–Trinajstić information content (AvgIpc) is 2.64. The topological polar surface area (TPSA) is 40.4 Å². The van der Waals surface area contributed by atoms with Gasteiger partial charge in [-0.3, -0.25) is 0 Å². The van der Waals surface area contributed by atoms with Gasteiger partial charge in [0.25, 0.3) is 0 Å². The van der Waals surface area contributed by atoms with Crippen LogP contribution in [0.1, 0.15) is 19.3 Å². The van der Waals surface area contributed by atoms with Crippen LogP contribution in [0.5, 0.6) is 5.75 Å². The van der Waals surface area contributed by atoms with Crippen molar-refractivity contribution < 1.29 is 4.74 Å². The van der Waals surface area contributed by atoms with Crippen molar-refractivity contribution in [1.82, 2.24) is 9.80 Å². The molecule has 0 atom stereocenters. The molecule has 0 unspecified atom stereocenters. The third kappa shape index (κ3) is 5.77. The molecule has 1 aromatic rings. The summed E-state index contributed by atoms with van der Waals surface area (Å²) < 4.78 is 5.23. The number of halogens is 1. The summed E-state index contributed by atoms with van der Waals surface area (Å²) >= 11 is 1.94. The van der Waals surface area contributed by atoms with E-state index in [0.717, 1.165) is 48.6 Å². The van der Waals surface area contributed by atoms with E-state index >= 15 is 0 Å². The Balaban J connectivity index is 0.00000225. The minimum Gasteiger partial charge on any atom is -0.497 e. The summed E-state index contributed by atoms with van der Waals surface area (Å²) in [5.74, 6) is 4.97. The van der Waals surface area contributed by atoms with Gasteiger partial charge in [0.05, 0.1) is 18.6 Å². The highest BCUT2D eigenvalue weighted by Gasteiger charge is 2.18. The second-order valence-corrected chi connectivity index (χ2v) is 7.26. The van der Waals surface area contributed by atoms with Gasteiger partial charge in [0.2, 0.25) is 5.96 Å². The molecule has 2 aliphatic rings. The van der Waals surface area contributed by atoms with Crippen molar-refractivity contribution in [2.24, 2.45) is 9.98 Å². The number of piperidine rings is 1. The molecule has 1 aromatic carbocycles. The molecule has 2 aliphatic heterocycles. The van der Waals surface area contributed by atoms with Gasteiger partial charge in [0.15, 0.2) is 0 Å². The largest absolute Gasteiger partial charge is 0.497 e. The van der Waals surface area contributed by atoms with E-state index in [0.29, 0.717) is 0 Å². The Morgan fingerprint density at radius 3 is 2.44 bits per heavy atom. The van der Waals surface area contributed by atoms with E-state index in [4.69, 9.17) is 14.7 Å². The maximum atomic E-state index is 5.23. The maximum Gasteiger partial charge on any atom is 0.227 e. The van der Waals surface area contributed by atoms with Gasteiger partial charge in [-0.05, 0) is 43.5 Å². The number of hydrogen-bond acceptors (Lipinski definition) is 3. The van der Waals surface area contributed by atoms with Crippen LogP contribution in [-0.4, -0.2) is 66.9 Å². The zero-order chi connectivity index (χ0) is 16.8. The molecule has 0 aromatic heterocycles. The highest BCUT2D eigenvalue weighted by molar-refractivity contribution is 14.0. The molecule has 3 rings (SSSR count). The van der Waals surface area contributed by atoms with E-state index in [1.54, 1.807) is 7.11 Å². The van der Waals surface area contributed by atoms with Crippen molar-refractivity contribution in [3.05, 3.63) is 24.3 Å². The van der Waals surface area contributed by atoms with Gasteiger partial charge < -0.3 is 14.5 Å². The molecular weight excluding hydrogens is 447 g/mol. The molecule has 5 nitrogen and oxygen atoms in total. The third-order valence-corrected chi connectivity index (χ3v) is 5.35. The first-order chi connectivity index (χ1) is 11.8. The second-order valence-electron chi connectivity index (χ2n) is 6.16. The van der Waals surface area contributed by atoms with Gasteiger partial charge in [-0.25, -0.2) is 4.99 Å². The minimum atomic E-state index is 0. The molecule has 25 heavy (non-hydrogen) atoms. The van der Waals surface area contributed by atoms with E-state index in [1.165, 1.54) is 25.0 Å². The smallest absolute Gasteiger partial charge is 0.227 e. The van der Waals surface area contributed by atoms with Crippen LogP contribution in [0.4, 0.5) is 5.69 Å². The molecule has 0 saturated carbocycles. The van der Waals surface area contributed by atoms with Crippen LogP contribution in [0.25, 0.3) is 0 Å². The van der Waals surface area contributed by atoms with Crippen molar-refractivity contribution in [3.8, 4) is 5.75 Å². The number of likely N-dealkylation sites (tertiary alicyclic amines) is 1. The number of nitrogens with zero attached hydrogens (tertiary/aromatic N) is 4. The Morgan fingerprint density at radius 1 is 1.08 bits per heavy atom. The molecule has 0 N–H and O–H groups in total. The number of amidine groups is 1. The summed E-state index contributed by atoms with van der Waals surface area (Å²) in [7, 11) is 3.81. The molecule has 0 radical (unpaired) electrons. The highest BCUT2D eigenvalue weighted by Crippen LogP contribution is 2.20. The lowest BCUT2D eigenvalue weighted by Gasteiger charge is -2.30. The molecule has 0 bridgehead atoms. The predicted octanol–water partition coefficient (Wildman–Crippen LogP) is 3.86. The standard InChI is InChI=1S/C18H26N4OS.HI/c1-21-12-13-24-14-17(21)20-18(22-10-4-3-5-11-22)19-15-6-8-16(23-2)9-7-15;/h6-9H,3-5,10-14H2,1-2H3;1H. The van der Waals surface area contributed by atoms with E-state index in [-0.39, 0.29) is 24.0 Å². The van der Waals surface area contributed by atoms with Gasteiger partial charge in [0.1, 0.15) is 11.6 Å². The normalized spacial score (nSPS) is 20.4. The van der Waals surface area contributed by atoms with Crippen LogP contribution < -0.4 is 4.74 Å². The molecule has 0 aliphatic carbocycles. The van der Waals surface area contributed by atoms with E-state index in [1.807, 2.05) is 36.0 Å². The van der Waals surface area contributed by atoms with E-state index < -0.39 is 0 Å². The van der Waals surface area contributed by atoms with Crippen LogP contribution in [0, 0.1) is 0 Å². The first-order valence-corrected chi connectivity index (χ1v) is 9.76. The van der Waals surface area contributed by atoms with Crippen LogP contribution in [-0.2, 0) is 0 Å². The lowest BCUT2D eigenvalue weighted by atomic mass is 10.1. The van der Waals surface area contributed by atoms with Gasteiger partial charge in [-0.1, -0.05) is 0 Å². The lowest BCUT2D eigenvalue weighted by molar-refractivity contribution is 0.339. The number of hydrogen-bond donors (Lipinski definition) is 0. The molecular formula is C18H27IN4OS. The van der Waals surface area contributed by atoms with Crippen LogP contribution in [0.3, 0.4) is 0 Å². The fraction of sp³-hybridized carbons (Fsp3) is 0.556. The van der Waals surface area contributed by atoms with Crippen molar-refractivity contribution >= 4 is 53.2 Å². The molecule has 138 valence electrons. The molecule has 2 fully saturated rings. The Bertz CT molecular complexity index is 600. The number of guanidine groups is 1. The van der Waals surface area contributed by atoms with Gasteiger partial charge >= 0.3 is 0 Å². The minimum absolute atomic E-state index is 0. The second kappa shape index (κ2) is 10.3. The number of thioether (sulfide) groups is 1.